The van der Waals surface area contributed by atoms with Crippen LogP contribution in [0.5, 0.6) is 5.88 Å². The monoisotopic (exact) mass is 309 g/mol. The first-order valence-electron chi connectivity index (χ1n) is 7.59. The highest BCUT2D eigenvalue weighted by Gasteiger charge is 2.09. The van der Waals surface area contributed by atoms with E-state index in [9.17, 15) is 0 Å². The Balaban J connectivity index is 2.02. The van der Waals surface area contributed by atoms with Gasteiger partial charge in [0, 0.05) is 37.5 Å². The van der Waals surface area contributed by atoms with Crippen LogP contribution in [0.15, 0.2) is 48.7 Å². The first kappa shape index (κ1) is 15.2. The Morgan fingerprint density at radius 1 is 1.17 bits per heavy atom. The third-order valence-electron chi connectivity index (χ3n) is 3.57. The third kappa shape index (κ3) is 3.40. The van der Waals surface area contributed by atoms with Crippen molar-refractivity contribution in [2.75, 3.05) is 25.6 Å². The first-order valence-corrected chi connectivity index (χ1v) is 7.59. The number of aromatic nitrogens is 2. The molecule has 23 heavy (non-hydrogen) atoms. The number of aliphatic hydroxyl groups is 1. The Kier molecular flexibility index (Phi) is 4.68. The summed E-state index contributed by atoms with van der Waals surface area (Å²) in [7, 11) is 1.89. The number of fused-ring (bicyclic) bond motifs is 1. The lowest BCUT2D eigenvalue weighted by molar-refractivity contribution is 0.231. The van der Waals surface area contributed by atoms with Crippen LogP contribution in [-0.4, -0.2) is 35.3 Å². The topological polar surface area (TPSA) is 67.3 Å². The summed E-state index contributed by atoms with van der Waals surface area (Å²) in [6, 6.07) is 13.8. The predicted octanol–water partition coefficient (Wildman–Crippen LogP) is 3.10. The number of anilines is 1. The molecule has 0 bridgehead atoms. The van der Waals surface area contributed by atoms with E-state index in [1.54, 1.807) is 6.20 Å². The van der Waals surface area contributed by atoms with E-state index in [4.69, 9.17) is 9.84 Å². The molecule has 0 aliphatic rings. The highest BCUT2D eigenvalue weighted by molar-refractivity contribution is 5.87. The minimum absolute atomic E-state index is 0.0986. The van der Waals surface area contributed by atoms with Gasteiger partial charge in [0.25, 0.3) is 0 Å². The zero-order valence-electron chi connectivity index (χ0n) is 13.0. The van der Waals surface area contributed by atoms with Crippen LogP contribution >= 0.6 is 0 Å². The molecule has 0 amide bonds. The molecule has 0 atom stereocenters. The summed E-state index contributed by atoms with van der Waals surface area (Å²) in [5.41, 5.74) is 3.71. The summed E-state index contributed by atoms with van der Waals surface area (Å²) in [5.74, 6) is 0.553. The maximum Gasteiger partial charge on any atom is 0.223 e. The molecule has 0 radical (unpaired) electrons. The van der Waals surface area contributed by atoms with Crippen molar-refractivity contribution >= 4 is 16.6 Å². The van der Waals surface area contributed by atoms with E-state index in [0.29, 0.717) is 18.9 Å². The molecular formula is C18H19N3O2. The van der Waals surface area contributed by atoms with Crippen molar-refractivity contribution in [3.63, 3.8) is 0 Å². The van der Waals surface area contributed by atoms with Crippen LogP contribution in [0.25, 0.3) is 22.2 Å². The normalized spacial score (nSPS) is 10.7. The lowest BCUT2D eigenvalue weighted by Crippen LogP contribution is -2.03. The molecule has 5 nitrogen and oxygen atoms in total. The van der Waals surface area contributed by atoms with E-state index in [2.05, 4.69) is 15.3 Å². The second-order valence-corrected chi connectivity index (χ2v) is 5.14. The molecule has 5 heteroatoms. The quantitative estimate of drug-likeness (QED) is 0.685. The molecule has 118 valence electrons. The first-order chi connectivity index (χ1) is 11.3. The van der Waals surface area contributed by atoms with Gasteiger partial charge in [-0.25, -0.2) is 4.98 Å². The Morgan fingerprint density at radius 2 is 2.00 bits per heavy atom. The van der Waals surface area contributed by atoms with Crippen molar-refractivity contribution in [2.45, 2.75) is 6.42 Å². The van der Waals surface area contributed by atoms with Gasteiger partial charge in [0.2, 0.25) is 5.88 Å². The summed E-state index contributed by atoms with van der Waals surface area (Å²) in [6.07, 6.45) is 2.33. The second kappa shape index (κ2) is 7.07. The molecule has 0 spiro atoms. The lowest BCUT2D eigenvalue weighted by atomic mass is 10.1. The summed E-state index contributed by atoms with van der Waals surface area (Å²) in [6.45, 7) is 0.525. The predicted molar refractivity (Wildman–Crippen MR) is 91.7 cm³/mol. The fourth-order valence-electron chi connectivity index (χ4n) is 2.34. The minimum atomic E-state index is 0.0986. The van der Waals surface area contributed by atoms with E-state index in [1.807, 2.05) is 49.5 Å². The molecule has 0 aliphatic carbocycles. The number of hydrogen-bond acceptors (Lipinski definition) is 5. The number of aliphatic hydroxyl groups excluding tert-OH is 1. The number of ether oxygens (including phenoxy) is 1. The second-order valence-electron chi connectivity index (χ2n) is 5.14. The number of rotatable bonds is 6. The highest BCUT2D eigenvalue weighted by Crippen LogP contribution is 2.28. The van der Waals surface area contributed by atoms with Gasteiger partial charge < -0.3 is 15.2 Å². The zero-order valence-corrected chi connectivity index (χ0v) is 13.0. The highest BCUT2D eigenvalue weighted by atomic mass is 16.5. The van der Waals surface area contributed by atoms with Crippen LogP contribution in [0.3, 0.4) is 0 Å². The van der Waals surface area contributed by atoms with Gasteiger partial charge in [-0.3, -0.25) is 4.98 Å². The van der Waals surface area contributed by atoms with Crippen LogP contribution in [-0.2, 0) is 0 Å². The molecular weight excluding hydrogens is 290 g/mol. The van der Waals surface area contributed by atoms with Gasteiger partial charge in [-0.15, -0.1) is 0 Å². The average molecular weight is 309 g/mol. The summed E-state index contributed by atoms with van der Waals surface area (Å²) >= 11 is 0. The third-order valence-corrected chi connectivity index (χ3v) is 3.57. The van der Waals surface area contributed by atoms with Gasteiger partial charge in [-0.1, -0.05) is 12.1 Å². The smallest absolute Gasteiger partial charge is 0.223 e. The summed E-state index contributed by atoms with van der Waals surface area (Å²) < 4.78 is 5.74. The molecule has 0 saturated heterocycles. The molecule has 3 rings (SSSR count). The number of benzene rings is 1. The van der Waals surface area contributed by atoms with Crippen LogP contribution < -0.4 is 10.1 Å². The van der Waals surface area contributed by atoms with Crippen LogP contribution in [0.4, 0.5) is 5.69 Å². The maximum atomic E-state index is 8.92. The molecule has 2 heterocycles. The minimum Gasteiger partial charge on any atom is -0.477 e. The summed E-state index contributed by atoms with van der Waals surface area (Å²) in [4.78, 5) is 9.04. The molecule has 0 unspecified atom stereocenters. The van der Waals surface area contributed by atoms with Crippen LogP contribution in [0, 0.1) is 0 Å². The van der Waals surface area contributed by atoms with Crippen molar-refractivity contribution in [2.24, 2.45) is 0 Å². The van der Waals surface area contributed by atoms with Crippen LogP contribution in [0.2, 0.25) is 0 Å². The molecule has 3 aromatic rings. The maximum absolute atomic E-state index is 8.92. The van der Waals surface area contributed by atoms with Gasteiger partial charge in [0.15, 0.2) is 0 Å². The van der Waals surface area contributed by atoms with E-state index < -0.39 is 0 Å². The Labute approximate surface area is 135 Å². The standard InChI is InChI=1S/C18H19N3O2/c1-19-14-7-5-13(6-8-14)16-12-17-15(4-2-9-20-17)18(21-16)23-11-3-10-22/h2,4-9,12,19,22H,3,10-11H2,1H3. The fraction of sp³-hybridized carbons (Fsp3) is 0.222. The lowest BCUT2D eigenvalue weighted by Gasteiger charge is -2.10. The van der Waals surface area contributed by atoms with Gasteiger partial charge >= 0.3 is 0 Å². The molecule has 0 aliphatic heterocycles. The number of nitrogens with zero attached hydrogens (tertiary/aromatic N) is 2. The largest absolute Gasteiger partial charge is 0.477 e. The van der Waals surface area contributed by atoms with Crippen molar-refractivity contribution in [3.05, 3.63) is 48.7 Å². The number of hydrogen-bond donors (Lipinski definition) is 2. The van der Waals surface area contributed by atoms with Crippen molar-refractivity contribution in [1.82, 2.24) is 9.97 Å². The van der Waals surface area contributed by atoms with E-state index >= 15 is 0 Å². The van der Waals surface area contributed by atoms with E-state index in [0.717, 1.165) is 27.8 Å². The van der Waals surface area contributed by atoms with Crippen molar-refractivity contribution in [3.8, 4) is 17.1 Å². The van der Waals surface area contributed by atoms with Gasteiger partial charge in [-0.05, 0) is 30.3 Å². The van der Waals surface area contributed by atoms with E-state index in [-0.39, 0.29) is 6.61 Å². The molecule has 0 fully saturated rings. The SMILES string of the molecule is CNc1ccc(-c2cc3ncccc3c(OCCCO)n2)cc1. The van der Waals surface area contributed by atoms with Crippen molar-refractivity contribution < 1.29 is 9.84 Å². The number of nitrogens with one attached hydrogen (secondary N) is 1. The average Bonchev–Trinajstić information content (AvgIpc) is 2.62. The molecule has 2 aromatic heterocycles. The molecule has 0 saturated carbocycles. The Morgan fingerprint density at radius 3 is 2.74 bits per heavy atom. The van der Waals surface area contributed by atoms with Gasteiger partial charge in [0.1, 0.15) is 0 Å². The Hall–Kier alpha value is -2.66. The summed E-state index contributed by atoms with van der Waals surface area (Å²) in [5, 5.41) is 12.9. The van der Waals surface area contributed by atoms with Crippen LogP contribution in [0.1, 0.15) is 6.42 Å². The number of pyridine rings is 2. The molecule has 1 aromatic carbocycles. The molecule has 2 N–H and O–H groups in total. The van der Waals surface area contributed by atoms with Gasteiger partial charge in [0.05, 0.1) is 23.2 Å². The Bertz CT molecular complexity index is 788. The van der Waals surface area contributed by atoms with E-state index in [1.165, 1.54) is 0 Å². The van der Waals surface area contributed by atoms with Gasteiger partial charge in [-0.2, -0.15) is 0 Å². The van der Waals surface area contributed by atoms with Crippen molar-refractivity contribution in [1.29, 1.82) is 0 Å². The zero-order chi connectivity index (χ0) is 16.1. The fourth-order valence-corrected chi connectivity index (χ4v) is 2.34.